The van der Waals surface area contributed by atoms with E-state index in [1.54, 1.807) is 0 Å². The predicted octanol–water partition coefficient (Wildman–Crippen LogP) is 2.17. The van der Waals surface area contributed by atoms with E-state index in [9.17, 15) is 4.79 Å². The number of amides is 2. The Kier molecular flexibility index (Phi) is 5.59. The summed E-state index contributed by atoms with van der Waals surface area (Å²) >= 11 is 0. The van der Waals surface area contributed by atoms with Gasteiger partial charge in [0.2, 0.25) is 0 Å². The highest BCUT2D eigenvalue weighted by Crippen LogP contribution is 2.15. The van der Waals surface area contributed by atoms with E-state index in [2.05, 4.69) is 22.5 Å². The lowest BCUT2D eigenvalue weighted by atomic mass is 10.1. The van der Waals surface area contributed by atoms with Gasteiger partial charge in [0.25, 0.3) is 0 Å². The number of carbonyl (C=O) groups excluding carboxylic acids is 1. The monoisotopic (exact) mass is 290 g/mol. The molecule has 1 heterocycles. The normalized spacial score (nSPS) is 20.2. The summed E-state index contributed by atoms with van der Waals surface area (Å²) in [6, 6.07) is 7.52. The van der Waals surface area contributed by atoms with Crippen LogP contribution in [0.1, 0.15) is 31.9 Å². The number of hydrogen-bond acceptors (Lipinski definition) is 3. The van der Waals surface area contributed by atoms with Crippen molar-refractivity contribution in [3.63, 3.8) is 0 Å². The molecule has 0 aliphatic carbocycles. The van der Waals surface area contributed by atoms with E-state index in [1.807, 2.05) is 31.2 Å². The molecule has 0 saturated carbocycles. The van der Waals surface area contributed by atoms with E-state index in [0.717, 1.165) is 43.9 Å². The molecule has 2 rings (SSSR count). The average molecular weight is 290 g/mol. The molecule has 1 aromatic rings. The highest BCUT2D eigenvalue weighted by Gasteiger charge is 2.21. The van der Waals surface area contributed by atoms with Crippen LogP contribution >= 0.6 is 0 Å². The van der Waals surface area contributed by atoms with Crippen molar-refractivity contribution in [3.8, 4) is 0 Å². The largest absolute Gasteiger partial charge is 0.338 e. The molecule has 1 aliphatic heterocycles. The number of rotatable bonds is 5. The van der Waals surface area contributed by atoms with Crippen LogP contribution in [0.5, 0.6) is 0 Å². The van der Waals surface area contributed by atoms with Gasteiger partial charge < -0.3 is 21.3 Å². The zero-order valence-corrected chi connectivity index (χ0v) is 12.9. The average Bonchev–Trinajstić information content (AvgIpc) is 2.94. The third-order valence-electron chi connectivity index (χ3n) is 4.06. The molecule has 116 valence electrons. The molecule has 5 nitrogen and oxygen atoms in total. The molecule has 21 heavy (non-hydrogen) atoms. The summed E-state index contributed by atoms with van der Waals surface area (Å²) in [6.07, 6.45) is 1.16. The second-order valence-corrected chi connectivity index (χ2v) is 5.79. The first kappa shape index (κ1) is 15.8. The Hall–Kier alpha value is -1.59. The van der Waals surface area contributed by atoms with Crippen LogP contribution in [-0.2, 0) is 0 Å². The van der Waals surface area contributed by atoms with Crippen LogP contribution in [0.15, 0.2) is 24.3 Å². The van der Waals surface area contributed by atoms with Gasteiger partial charge in [-0.1, -0.05) is 19.1 Å². The quantitative estimate of drug-likeness (QED) is 0.778. The standard InChI is InChI=1S/C16H26N4O/c1-3-20-9-8-13(11-20)10-18-16(21)19-15-6-4-14(5-7-15)12(2)17/h4-7,12-13H,3,8-11,17H2,1-2H3,(H2,18,19,21). The summed E-state index contributed by atoms with van der Waals surface area (Å²) in [5.41, 5.74) is 7.65. The fourth-order valence-electron chi connectivity index (χ4n) is 2.65. The number of carbonyl (C=O) groups is 1. The van der Waals surface area contributed by atoms with Crippen LogP contribution in [0.4, 0.5) is 10.5 Å². The molecule has 1 aliphatic rings. The van der Waals surface area contributed by atoms with Gasteiger partial charge in [-0.25, -0.2) is 4.79 Å². The first-order valence-electron chi connectivity index (χ1n) is 7.71. The third kappa shape index (κ3) is 4.72. The maximum atomic E-state index is 11.9. The van der Waals surface area contributed by atoms with Gasteiger partial charge in [-0.2, -0.15) is 0 Å². The van der Waals surface area contributed by atoms with E-state index >= 15 is 0 Å². The lowest BCUT2D eigenvalue weighted by molar-refractivity contribution is 0.250. The van der Waals surface area contributed by atoms with Crippen molar-refractivity contribution >= 4 is 11.7 Å². The third-order valence-corrected chi connectivity index (χ3v) is 4.06. The van der Waals surface area contributed by atoms with Crippen LogP contribution in [0, 0.1) is 5.92 Å². The van der Waals surface area contributed by atoms with Crippen LogP contribution in [0.2, 0.25) is 0 Å². The van der Waals surface area contributed by atoms with E-state index < -0.39 is 0 Å². The molecule has 1 fully saturated rings. The fourth-order valence-corrected chi connectivity index (χ4v) is 2.65. The van der Waals surface area contributed by atoms with Crippen molar-refractivity contribution in [2.45, 2.75) is 26.3 Å². The van der Waals surface area contributed by atoms with E-state index in [4.69, 9.17) is 5.73 Å². The van der Waals surface area contributed by atoms with Crippen LogP contribution in [0.3, 0.4) is 0 Å². The second-order valence-electron chi connectivity index (χ2n) is 5.79. The highest BCUT2D eigenvalue weighted by molar-refractivity contribution is 5.89. The summed E-state index contributed by atoms with van der Waals surface area (Å²) in [6.45, 7) is 8.17. The Morgan fingerprint density at radius 1 is 1.43 bits per heavy atom. The Balaban J connectivity index is 1.74. The van der Waals surface area contributed by atoms with Crippen molar-refractivity contribution in [1.82, 2.24) is 10.2 Å². The smallest absolute Gasteiger partial charge is 0.319 e. The van der Waals surface area contributed by atoms with Crippen LogP contribution in [0.25, 0.3) is 0 Å². The predicted molar refractivity (Wildman–Crippen MR) is 86.3 cm³/mol. The van der Waals surface area contributed by atoms with Gasteiger partial charge in [0.1, 0.15) is 0 Å². The first-order chi connectivity index (χ1) is 10.1. The molecule has 0 aromatic heterocycles. The summed E-state index contributed by atoms with van der Waals surface area (Å²) in [5.74, 6) is 0.566. The van der Waals surface area contributed by atoms with E-state index in [0.29, 0.717) is 5.92 Å². The molecule has 2 unspecified atom stereocenters. The number of urea groups is 1. The molecular formula is C16H26N4O. The molecule has 2 atom stereocenters. The number of nitrogens with two attached hydrogens (primary N) is 1. The summed E-state index contributed by atoms with van der Waals surface area (Å²) < 4.78 is 0. The molecule has 0 radical (unpaired) electrons. The van der Waals surface area contributed by atoms with Crippen molar-refractivity contribution < 1.29 is 4.79 Å². The number of hydrogen-bond donors (Lipinski definition) is 3. The molecular weight excluding hydrogens is 264 g/mol. The van der Waals surface area contributed by atoms with Gasteiger partial charge >= 0.3 is 6.03 Å². The highest BCUT2D eigenvalue weighted by atomic mass is 16.2. The maximum absolute atomic E-state index is 11.9. The Bertz CT molecular complexity index is 458. The summed E-state index contributed by atoms with van der Waals surface area (Å²) in [5, 5.41) is 5.81. The number of nitrogens with one attached hydrogen (secondary N) is 2. The molecule has 1 aromatic carbocycles. The topological polar surface area (TPSA) is 70.4 Å². The molecule has 1 saturated heterocycles. The van der Waals surface area contributed by atoms with Crippen molar-refractivity contribution in [2.75, 3.05) is 31.5 Å². The van der Waals surface area contributed by atoms with Crippen molar-refractivity contribution in [1.29, 1.82) is 0 Å². The van der Waals surface area contributed by atoms with Crippen LogP contribution in [-0.4, -0.2) is 37.1 Å². The lowest BCUT2D eigenvalue weighted by Crippen LogP contribution is -2.34. The van der Waals surface area contributed by atoms with Gasteiger partial charge in [0.15, 0.2) is 0 Å². The van der Waals surface area contributed by atoms with Gasteiger partial charge in [-0.05, 0) is 50.0 Å². The Labute approximate surface area is 126 Å². The molecule has 5 heteroatoms. The number of nitrogens with zero attached hydrogens (tertiary/aromatic N) is 1. The van der Waals surface area contributed by atoms with Crippen molar-refractivity contribution in [3.05, 3.63) is 29.8 Å². The molecule has 0 bridgehead atoms. The Morgan fingerprint density at radius 2 is 2.14 bits per heavy atom. The van der Waals surface area contributed by atoms with Crippen LogP contribution < -0.4 is 16.4 Å². The van der Waals surface area contributed by atoms with Crippen molar-refractivity contribution in [2.24, 2.45) is 11.7 Å². The zero-order chi connectivity index (χ0) is 15.2. The Morgan fingerprint density at radius 3 is 2.71 bits per heavy atom. The minimum absolute atomic E-state index is 0.0109. The van der Waals surface area contributed by atoms with Gasteiger partial charge in [-0.3, -0.25) is 0 Å². The summed E-state index contributed by atoms with van der Waals surface area (Å²) in [4.78, 5) is 14.3. The van der Waals surface area contributed by atoms with Gasteiger partial charge in [0, 0.05) is 24.8 Å². The number of anilines is 1. The molecule has 0 spiro atoms. The fraction of sp³-hybridized carbons (Fsp3) is 0.562. The minimum atomic E-state index is -0.140. The van der Waals surface area contributed by atoms with Gasteiger partial charge in [-0.15, -0.1) is 0 Å². The first-order valence-corrected chi connectivity index (χ1v) is 7.71. The van der Waals surface area contributed by atoms with E-state index in [1.165, 1.54) is 0 Å². The maximum Gasteiger partial charge on any atom is 0.319 e. The molecule has 4 N–H and O–H groups in total. The summed E-state index contributed by atoms with van der Waals surface area (Å²) in [7, 11) is 0. The molecule has 2 amide bonds. The lowest BCUT2D eigenvalue weighted by Gasteiger charge is -2.14. The second kappa shape index (κ2) is 7.43. The number of likely N-dealkylation sites (tertiary alicyclic amines) is 1. The zero-order valence-electron chi connectivity index (χ0n) is 12.9. The SMILES string of the molecule is CCN1CCC(CNC(=O)Nc2ccc(C(C)N)cc2)C1. The minimum Gasteiger partial charge on any atom is -0.338 e. The van der Waals surface area contributed by atoms with Gasteiger partial charge in [0.05, 0.1) is 0 Å². The van der Waals surface area contributed by atoms with E-state index in [-0.39, 0.29) is 12.1 Å². The number of benzene rings is 1.